The van der Waals surface area contributed by atoms with E-state index < -0.39 is 21.9 Å². The summed E-state index contributed by atoms with van der Waals surface area (Å²) in [7, 11) is -3.89. The summed E-state index contributed by atoms with van der Waals surface area (Å²) in [4.78, 5) is 1.81. The second-order valence-electron chi connectivity index (χ2n) is 5.63. The van der Waals surface area contributed by atoms with E-state index in [1.807, 2.05) is 0 Å². The third-order valence-corrected chi connectivity index (χ3v) is 6.15. The summed E-state index contributed by atoms with van der Waals surface area (Å²) >= 11 is 0. The van der Waals surface area contributed by atoms with Gasteiger partial charge in [0.05, 0.1) is 12.1 Å². The van der Waals surface area contributed by atoms with E-state index in [2.05, 4.69) is 4.90 Å². The molecule has 2 aliphatic heterocycles. The highest BCUT2D eigenvalue weighted by atomic mass is 32.2. The maximum Gasteiger partial charge on any atom is 0.246 e. The molecule has 2 heterocycles. The molecule has 0 aliphatic carbocycles. The number of aliphatic hydroxyl groups is 1. The van der Waals surface area contributed by atoms with E-state index in [9.17, 15) is 17.9 Å². The molecular formula is C14H19FN2O3S. The molecule has 3 rings (SSSR count). The summed E-state index contributed by atoms with van der Waals surface area (Å²) in [5.74, 6) is -0.753. The van der Waals surface area contributed by atoms with E-state index in [0.29, 0.717) is 0 Å². The molecule has 2 aliphatic rings. The average Bonchev–Trinajstić information content (AvgIpc) is 3.08. The molecule has 1 aromatic carbocycles. The van der Waals surface area contributed by atoms with E-state index in [1.54, 1.807) is 0 Å². The first-order valence-corrected chi connectivity index (χ1v) is 8.61. The van der Waals surface area contributed by atoms with Gasteiger partial charge in [-0.05, 0) is 38.1 Å². The van der Waals surface area contributed by atoms with Crippen LogP contribution in [0.25, 0.3) is 0 Å². The fourth-order valence-electron chi connectivity index (χ4n) is 3.16. The number of rotatable bonds is 3. The molecule has 1 aromatic rings. The van der Waals surface area contributed by atoms with Gasteiger partial charge in [-0.25, -0.2) is 12.8 Å². The van der Waals surface area contributed by atoms with Crippen molar-refractivity contribution in [2.24, 2.45) is 0 Å². The molecule has 0 unspecified atom stereocenters. The zero-order chi connectivity index (χ0) is 15.0. The number of hydrogen-bond acceptors (Lipinski definition) is 4. The van der Waals surface area contributed by atoms with Gasteiger partial charge in [-0.2, -0.15) is 4.31 Å². The Labute approximate surface area is 124 Å². The van der Waals surface area contributed by atoms with Crippen LogP contribution in [-0.4, -0.2) is 61.1 Å². The highest BCUT2D eigenvalue weighted by Gasteiger charge is 2.42. The molecule has 0 spiro atoms. The smallest absolute Gasteiger partial charge is 0.246 e. The topological polar surface area (TPSA) is 60.9 Å². The van der Waals surface area contributed by atoms with Crippen LogP contribution in [0.4, 0.5) is 4.39 Å². The van der Waals surface area contributed by atoms with Crippen LogP contribution in [0.5, 0.6) is 0 Å². The lowest BCUT2D eigenvalue weighted by Crippen LogP contribution is -2.41. The van der Waals surface area contributed by atoms with Crippen molar-refractivity contribution in [1.29, 1.82) is 0 Å². The minimum absolute atomic E-state index is 0.0256. The highest BCUT2D eigenvalue weighted by molar-refractivity contribution is 7.89. The second-order valence-corrected chi connectivity index (χ2v) is 7.54. The Balaban J connectivity index is 1.83. The Bertz CT molecular complexity index is 616. The molecular weight excluding hydrogens is 295 g/mol. The van der Waals surface area contributed by atoms with E-state index in [1.165, 1.54) is 22.5 Å². The zero-order valence-electron chi connectivity index (χ0n) is 11.7. The van der Waals surface area contributed by atoms with Crippen LogP contribution in [0.15, 0.2) is 29.2 Å². The lowest BCUT2D eigenvalue weighted by Gasteiger charge is -2.25. The number of β-amino-alcohol motifs (C(OH)–C–C–N with tert-alkyl or cyclic N) is 1. The number of aliphatic hydroxyl groups excluding tert-OH is 1. The van der Waals surface area contributed by atoms with E-state index >= 15 is 0 Å². The number of likely N-dealkylation sites (tertiary alicyclic amines) is 1. The Hall–Kier alpha value is -1.02. The van der Waals surface area contributed by atoms with Crippen LogP contribution in [0.2, 0.25) is 0 Å². The molecule has 21 heavy (non-hydrogen) atoms. The van der Waals surface area contributed by atoms with Crippen molar-refractivity contribution in [3.63, 3.8) is 0 Å². The molecule has 7 heteroatoms. The maximum absolute atomic E-state index is 13.8. The molecule has 5 nitrogen and oxygen atoms in total. The number of benzene rings is 1. The van der Waals surface area contributed by atoms with Gasteiger partial charge in [0.1, 0.15) is 10.7 Å². The number of hydrogen-bond donors (Lipinski definition) is 1. The van der Waals surface area contributed by atoms with Crippen molar-refractivity contribution in [2.45, 2.75) is 29.9 Å². The third kappa shape index (κ3) is 2.70. The van der Waals surface area contributed by atoms with Gasteiger partial charge in [0.15, 0.2) is 0 Å². The first kappa shape index (κ1) is 14.9. The van der Waals surface area contributed by atoms with Crippen LogP contribution in [0, 0.1) is 5.82 Å². The standard InChI is InChI=1S/C14H19FN2O3S/c15-11-5-1-2-6-14(11)21(19,20)17-9-12(13(18)10-17)16-7-3-4-8-16/h1-2,5-6,12-13,18H,3-4,7-10H2/t12-,13-/m1/s1. The Kier molecular flexibility index (Phi) is 4.00. The minimum Gasteiger partial charge on any atom is -0.390 e. The molecule has 2 fully saturated rings. The first-order valence-electron chi connectivity index (χ1n) is 7.17. The van der Waals surface area contributed by atoms with Gasteiger partial charge >= 0.3 is 0 Å². The molecule has 0 radical (unpaired) electrons. The van der Waals surface area contributed by atoms with Crippen LogP contribution in [-0.2, 0) is 10.0 Å². The highest BCUT2D eigenvalue weighted by Crippen LogP contribution is 2.27. The summed E-state index contributed by atoms with van der Waals surface area (Å²) in [6.45, 7) is 2.01. The fraction of sp³-hybridized carbons (Fsp3) is 0.571. The lowest BCUT2D eigenvalue weighted by molar-refractivity contribution is 0.0983. The van der Waals surface area contributed by atoms with E-state index in [-0.39, 0.29) is 24.0 Å². The second kappa shape index (κ2) is 5.64. The van der Waals surface area contributed by atoms with Crippen LogP contribution in [0.3, 0.4) is 0 Å². The van der Waals surface area contributed by atoms with Crippen molar-refractivity contribution in [3.8, 4) is 0 Å². The van der Waals surface area contributed by atoms with E-state index in [4.69, 9.17) is 0 Å². The van der Waals surface area contributed by atoms with E-state index in [0.717, 1.165) is 32.0 Å². The molecule has 0 bridgehead atoms. The number of sulfonamides is 1. The SMILES string of the molecule is O=S(=O)(c1ccccc1F)N1C[C@@H](O)[C@H](N2CCCC2)C1. The number of nitrogens with zero attached hydrogens (tertiary/aromatic N) is 2. The predicted octanol–water partition coefficient (Wildman–Crippen LogP) is 0.655. The molecule has 0 amide bonds. The maximum atomic E-state index is 13.8. The summed E-state index contributed by atoms with van der Waals surface area (Å²) < 4.78 is 40.0. The largest absolute Gasteiger partial charge is 0.390 e. The average molecular weight is 314 g/mol. The lowest BCUT2D eigenvalue weighted by atomic mass is 10.2. The fourth-order valence-corrected chi connectivity index (χ4v) is 4.70. The van der Waals surface area contributed by atoms with Crippen molar-refractivity contribution >= 4 is 10.0 Å². The van der Waals surface area contributed by atoms with Crippen LogP contribution < -0.4 is 0 Å². The van der Waals surface area contributed by atoms with Gasteiger partial charge in [-0.15, -0.1) is 0 Å². The summed E-state index contributed by atoms with van der Waals surface area (Å²) in [6.07, 6.45) is 1.43. The molecule has 0 aromatic heterocycles. The molecule has 2 atom stereocenters. The van der Waals surface area contributed by atoms with Gasteiger partial charge in [-0.3, -0.25) is 4.90 Å². The normalized spacial score (nSPS) is 28.3. The van der Waals surface area contributed by atoms with Gasteiger partial charge in [0, 0.05) is 13.1 Å². The Morgan fingerprint density at radius 3 is 2.48 bits per heavy atom. The van der Waals surface area contributed by atoms with Gasteiger partial charge < -0.3 is 5.11 Å². The summed E-state index contributed by atoms with van der Waals surface area (Å²) in [6, 6.07) is 5.17. The molecule has 0 saturated carbocycles. The van der Waals surface area contributed by atoms with Crippen molar-refractivity contribution in [1.82, 2.24) is 9.21 Å². The van der Waals surface area contributed by atoms with Gasteiger partial charge in [0.25, 0.3) is 0 Å². The van der Waals surface area contributed by atoms with Crippen LogP contribution >= 0.6 is 0 Å². The summed E-state index contributed by atoms with van der Waals surface area (Å²) in [5.41, 5.74) is 0. The van der Waals surface area contributed by atoms with Crippen molar-refractivity contribution in [3.05, 3.63) is 30.1 Å². The molecule has 1 N–H and O–H groups in total. The molecule has 2 saturated heterocycles. The third-order valence-electron chi connectivity index (χ3n) is 4.29. The monoisotopic (exact) mass is 314 g/mol. The minimum atomic E-state index is -3.89. The van der Waals surface area contributed by atoms with Gasteiger partial charge in [-0.1, -0.05) is 12.1 Å². The number of halogens is 1. The summed E-state index contributed by atoms with van der Waals surface area (Å²) in [5, 5.41) is 10.2. The molecule has 116 valence electrons. The van der Waals surface area contributed by atoms with Crippen molar-refractivity contribution < 1.29 is 17.9 Å². The quantitative estimate of drug-likeness (QED) is 0.890. The zero-order valence-corrected chi connectivity index (χ0v) is 12.5. The predicted molar refractivity (Wildman–Crippen MR) is 75.8 cm³/mol. The first-order chi connectivity index (χ1) is 10.00. The van der Waals surface area contributed by atoms with Crippen molar-refractivity contribution in [2.75, 3.05) is 26.2 Å². The Morgan fingerprint density at radius 2 is 1.81 bits per heavy atom. The van der Waals surface area contributed by atoms with Crippen LogP contribution in [0.1, 0.15) is 12.8 Å². The Morgan fingerprint density at radius 1 is 1.14 bits per heavy atom. The van der Waals surface area contributed by atoms with Gasteiger partial charge in [0.2, 0.25) is 10.0 Å².